The van der Waals surface area contributed by atoms with Crippen LogP contribution >= 0.6 is 0 Å². The van der Waals surface area contributed by atoms with Crippen molar-refractivity contribution in [2.45, 2.75) is 31.8 Å². The second-order valence-electron chi connectivity index (χ2n) is 3.80. The zero-order valence-corrected chi connectivity index (χ0v) is 8.66. The quantitative estimate of drug-likeness (QED) is 0.826. The van der Waals surface area contributed by atoms with Crippen molar-refractivity contribution < 1.29 is 9.13 Å². The highest BCUT2D eigenvalue weighted by Crippen LogP contribution is 2.22. The molecule has 1 heterocycles. The van der Waals surface area contributed by atoms with E-state index in [0.717, 1.165) is 25.8 Å². The number of ether oxygens (including phenoxy) is 1. The fourth-order valence-corrected chi connectivity index (χ4v) is 1.76. The van der Waals surface area contributed by atoms with Gasteiger partial charge in [0.25, 0.3) is 0 Å². The van der Waals surface area contributed by atoms with Crippen molar-refractivity contribution in [3.8, 4) is 0 Å². The minimum atomic E-state index is -1.32. The Hall–Kier alpha value is -0.930. The summed E-state index contributed by atoms with van der Waals surface area (Å²) in [6.45, 7) is 0.923. The van der Waals surface area contributed by atoms with Crippen LogP contribution in [0.3, 0.4) is 0 Å². The second kappa shape index (κ2) is 5.24. The van der Waals surface area contributed by atoms with E-state index in [4.69, 9.17) is 4.74 Å². The highest BCUT2D eigenvalue weighted by molar-refractivity contribution is 5.15. The second-order valence-corrected chi connectivity index (χ2v) is 3.80. The van der Waals surface area contributed by atoms with Crippen LogP contribution in [0.5, 0.6) is 0 Å². The van der Waals surface area contributed by atoms with E-state index in [0.29, 0.717) is 5.56 Å². The van der Waals surface area contributed by atoms with E-state index in [1.165, 1.54) is 0 Å². The predicted molar refractivity (Wildman–Crippen MR) is 57.0 cm³/mol. The lowest BCUT2D eigenvalue weighted by molar-refractivity contribution is -0.109. The Balaban J connectivity index is 1.88. The molecule has 2 unspecified atom stereocenters. The van der Waals surface area contributed by atoms with Crippen molar-refractivity contribution in [3.63, 3.8) is 0 Å². The number of alkyl halides is 1. The molecular weight excluding hydrogens is 193 g/mol. The normalized spacial score (nSPS) is 23.7. The van der Waals surface area contributed by atoms with Crippen molar-refractivity contribution in [2.24, 2.45) is 0 Å². The zero-order chi connectivity index (χ0) is 10.5. The smallest absolute Gasteiger partial charge is 0.226 e. The molecule has 0 spiro atoms. The Labute approximate surface area is 89.4 Å². The topological polar surface area (TPSA) is 21.3 Å². The van der Waals surface area contributed by atoms with E-state index in [9.17, 15) is 4.39 Å². The number of piperidine rings is 1. The Morgan fingerprint density at radius 3 is 2.73 bits per heavy atom. The molecule has 1 aliphatic rings. The molecule has 1 aromatic carbocycles. The minimum absolute atomic E-state index is 0.131. The van der Waals surface area contributed by atoms with Gasteiger partial charge in [0.2, 0.25) is 6.36 Å². The zero-order valence-electron chi connectivity index (χ0n) is 8.66. The summed E-state index contributed by atoms with van der Waals surface area (Å²) in [6, 6.07) is 9.00. The standard InChI is InChI=1S/C12H16FNO/c13-12(10-6-2-1-3-7-10)15-11-8-4-5-9-14-11/h1-3,6-7,11-12,14H,4-5,8-9H2. The van der Waals surface area contributed by atoms with Crippen LogP contribution in [-0.4, -0.2) is 12.8 Å². The van der Waals surface area contributed by atoms with E-state index in [-0.39, 0.29) is 6.23 Å². The van der Waals surface area contributed by atoms with E-state index >= 15 is 0 Å². The number of hydrogen-bond donors (Lipinski definition) is 1. The van der Waals surface area contributed by atoms with Gasteiger partial charge in [0.15, 0.2) is 0 Å². The minimum Gasteiger partial charge on any atom is -0.326 e. The van der Waals surface area contributed by atoms with Gasteiger partial charge in [-0.2, -0.15) is 0 Å². The van der Waals surface area contributed by atoms with Crippen molar-refractivity contribution in [3.05, 3.63) is 35.9 Å². The molecular formula is C12H16FNO. The van der Waals surface area contributed by atoms with Gasteiger partial charge in [-0.15, -0.1) is 0 Å². The van der Waals surface area contributed by atoms with Gasteiger partial charge in [-0.05, 0) is 25.8 Å². The molecule has 1 aliphatic heterocycles. The summed E-state index contributed by atoms with van der Waals surface area (Å²) in [4.78, 5) is 0. The monoisotopic (exact) mass is 209 g/mol. The van der Waals surface area contributed by atoms with Gasteiger partial charge in [0.1, 0.15) is 6.23 Å². The maximum atomic E-state index is 13.7. The Morgan fingerprint density at radius 2 is 2.07 bits per heavy atom. The highest BCUT2D eigenvalue weighted by Gasteiger charge is 2.18. The van der Waals surface area contributed by atoms with Crippen LogP contribution in [0, 0.1) is 0 Å². The molecule has 0 amide bonds. The fraction of sp³-hybridized carbons (Fsp3) is 0.500. The SMILES string of the molecule is FC(OC1CCCCN1)c1ccccc1. The number of nitrogens with one attached hydrogen (secondary N) is 1. The van der Waals surface area contributed by atoms with Gasteiger partial charge in [0.05, 0.1) is 0 Å². The van der Waals surface area contributed by atoms with Crippen LogP contribution in [0.2, 0.25) is 0 Å². The molecule has 0 saturated carbocycles. The summed E-state index contributed by atoms with van der Waals surface area (Å²) in [5.41, 5.74) is 0.588. The first-order valence-electron chi connectivity index (χ1n) is 5.44. The van der Waals surface area contributed by atoms with Crippen LogP contribution in [0.15, 0.2) is 30.3 Å². The van der Waals surface area contributed by atoms with E-state index in [2.05, 4.69) is 5.32 Å². The summed E-state index contributed by atoms with van der Waals surface area (Å²) in [6.07, 6.45) is 1.71. The van der Waals surface area contributed by atoms with Crippen LogP contribution in [0.25, 0.3) is 0 Å². The third-order valence-electron chi connectivity index (χ3n) is 2.61. The third kappa shape index (κ3) is 3.01. The summed E-state index contributed by atoms with van der Waals surface area (Å²) in [5, 5.41) is 3.16. The molecule has 0 radical (unpaired) electrons. The van der Waals surface area contributed by atoms with Gasteiger partial charge in [0, 0.05) is 5.56 Å². The lowest BCUT2D eigenvalue weighted by Crippen LogP contribution is -2.36. The van der Waals surface area contributed by atoms with Gasteiger partial charge in [-0.3, -0.25) is 5.32 Å². The van der Waals surface area contributed by atoms with Crippen molar-refractivity contribution >= 4 is 0 Å². The van der Waals surface area contributed by atoms with E-state index in [1.54, 1.807) is 12.1 Å². The molecule has 82 valence electrons. The number of rotatable bonds is 3. The molecule has 1 saturated heterocycles. The average Bonchev–Trinajstić information content (AvgIpc) is 2.31. The summed E-state index contributed by atoms with van der Waals surface area (Å²) < 4.78 is 19.0. The Morgan fingerprint density at radius 1 is 1.27 bits per heavy atom. The molecule has 0 bridgehead atoms. The van der Waals surface area contributed by atoms with Crippen molar-refractivity contribution in [1.82, 2.24) is 5.32 Å². The molecule has 0 aliphatic carbocycles. The van der Waals surface area contributed by atoms with Crippen LogP contribution < -0.4 is 5.32 Å². The highest BCUT2D eigenvalue weighted by atomic mass is 19.1. The number of halogens is 1. The number of hydrogen-bond acceptors (Lipinski definition) is 2. The molecule has 1 aromatic rings. The third-order valence-corrected chi connectivity index (χ3v) is 2.61. The van der Waals surface area contributed by atoms with Crippen LogP contribution in [-0.2, 0) is 4.74 Å². The van der Waals surface area contributed by atoms with Gasteiger partial charge in [-0.1, -0.05) is 30.3 Å². The maximum Gasteiger partial charge on any atom is 0.226 e. The number of benzene rings is 1. The molecule has 2 atom stereocenters. The fourth-order valence-electron chi connectivity index (χ4n) is 1.76. The average molecular weight is 209 g/mol. The molecule has 1 N–H and O–H groups in total. The first kappa shape index (κ1) is 10.6. The molecule has 2 rings (SSSR count). The van der Waals surface area contributed by atoms with Crippen molar-refractivity contribution in [2.75, 3.05) is 6.54 Å². The molecule has 1 fully saturated rings. The summed E-state index contributed by atoms with van der Waals surface area (Å²) >= 11 is 0. The first-order valence-corrected chi connectivity index (χ1v) is 5.44. The first-order chi connectivity index (χ1) is 7.36. The molecule has 2 nitrogen and oxygen atoms in total. The van der Waals surface area contributed by atoms with Gasteiger partial charge in [-0.25, -0.2) is 4.39 Å². The predicted octanol–water partition coefficient (Wildman–Crippen LogP) is 2.77. The van der Waals surface area contributed by atoms with Gasteiger partial charge >= 0.3 is 0 Å². The Bertz CT molecular complexity index is 285. The van der Waals surface area contributed by atoms with Crippen molar-refractivity contribution in [1.29, 1.82) is 0 Å². The Kier molecular flexibility index (Phi) is 3.69. The molecule has 3 heteroatoms. The lowest BCUT2D eigenvalue weighted by Gasteiger charge is -2.25. The summed E-state index contributed by atoms with van der Waals surface area (Å²) in [7, 11) is 0. The lowest BCUT2D eigenvalue weighted by atomic mass is 10.1. The van der Waals surface area contributed by atoms with E-state index < -0.39 is 6.36 Å². The van der Waals surface area contributed by atoms with Crippen LogP contribution in [0.4, 0.5) is 4.39 Å². The largest absolute Gasteiger partial charge is 0.326 e. The van der Waals surface area contributed by atoms with Gasteiger partial charge < -0.3 is 4.74 Å². The molecule has 0 aromatic heterocycles. The van der Waals surface area contributed by atoms with E-state index in [1.807, 2.05) is 18.2 Å². The van der Waals surface area contributed by atoms with Crippen LogP contribution in [0.1, 0.15) is 31.2 Å². The molecule has 15 heavy (non-hydrogen) atoms. The maximum absolute atomic E-state index is 13.7. The summed E-state index contributed by atoms with van der Waals surface area (Å²) in [5.74, 6) is 0.